The zero-order valence-electron chi connectivity index (χ0n) is 11.4. The van der Waals surface area contributed by atoms with Crippen LogP contribution in [0.4, 0.5) is 15.8 Å². The van der Waals surface area contributed by atoms with Crippen LogP contribution in [0.2, 0.25) is 0 Å². The maximum absolute atomic E-state index is 13.6. The zero-order chi connectivity index (χ0) is 15.4. The minimum atomic E-state index is -0.925. The molecule has 0 saturated heterocycles. The lowest BCUT2D eigenvalue weighted by Crippen LogP contribution is -2.34. The molecule has 0 aliphatic heterocycles. The molecule has 2 unspecified atom stereocenters. The van der Waals surface area contributed by atoms with Crippen LogP contribution in [0.5, 0.6) is 0 Å². The molecule has 0 amide bonds. The Morgan fingerprint density at radius 2 is 2.05 bits per heavy atom. The van der Waals surface area contributed by atoms with Gasteiger partial charge in [-0.1, -0.05) is 25.3 Å². The summed E-state index contributed by atoms with van der Waals surface area (Å²) >= 11 is 0. The number of carboxylic acids is 1. The van der Waals surface area contributed by atoms with Crippen molar-refractivity contribution in [2.45, 2.75) is 38.1 Å². The molecule has 2 N–H and O–H groups in total. The molecule has 6 nitrogen and oxygen atoms in total. The zero-order valence-corrected chi connectivity index (χ0v) is 11.4. The van der Waals surface area contributed by atoms with E-state index in [1.165, 1.54) is 12.1 Å². The summed E-state index contributed by atoms with van der Waals surface area (Å²) in [6.07, 6.45) is 3.74. The molecule has 7 heteroatoms. The van der Waals surface area contributed by atoms with Gasteiger partial charge in [-0.3, -0.25) is 14.9 Å². The number of benzene rings is 1. The first kappa shape index (κ1) is 15.2. The maximum Gasteiger partial charge on any atom is 0.327 e. The summed E-state index contributed by atoms with van der Waals surface area (Å²) in [5, 5.41) is 23.2. The van der Waals surface area contributed by atoms with E-state index in [0.717, 1.165) is 25.3 Å². The number of nitro benzene ring substituents is 1. The quantitative estimate of drug-likeness (QED) is 0.505. The summed E-state index contributed by atoms with van der Waals surface area (Å²) in [6, 6.07) is 3.37. The van der Waals surface area contributed by atoms with E-state index in [4.69, 9.17) is 0 Å². The molecule has 2 atom stereocenters. The van der Waals surface area contributed by atoms with Crippen molar-refractivity contribution in [2.24, 2.45) is 5.92 Å². The highest BCUT2D eigenvalue weighted by Crippen LogP contribution is 2.32. The second-order valence-electron chi connectivity index (χ2n) is 5.23. The fraction of sp³-hybridized carbons (Fsp3) is 0.500. The number of para-hydroxylation sites is 1. The summed E-state index contributed by atoms with van der Waals surface area (Å²) < 4.78 is 13.6. The Kier molecular flexibility index (Phi) is 4.72. The molecule has 114 valence electrons. The Morgan fingerprint density at radius 1 is 1.33 bits per heavy atom. The molecule has 1 aliphatic rings. The third-order valence-corrected chi connectivity index (χ3v) is 3.84. The molecule has 0 radical (unpaired) electrons. The van der Waals surface area contributed by atoms with Crippen LogP contribution in [0, 0.1) is 21.8 Å². The molecule has 21 heavy (non-hydrogen) atoms. The Morgan fingerprint density at radius 3 is 2.71 bits per heavy atom. The Bertz CT molecular complexity index is 550. The van der Waals surface area contributed by atoms with Gasteiger partial charge in [-0.25, -0.2) is 0 Å². The van der Waals surface area contributed by atoms with Gasteiger partial charge in [0.2, 0.25) is 5.82 Å². The number of nitrogens with one attached hydrogen (secondary N) is 1. The lowest BCUT2D eigenvalue weighted by molar-refractivity contribution is -0.386. The molecule has 0 aromatic heterocycles. The second kappa shape index (κ2) is 6.51. The van der Waals surface area contributed by atoms with Gasteiger partial charge in [0, 0.05) is 6.04 Å². The van der Waals surface area contributed by atoms with Crippen LogP contribution in [-0.4, -0.2) is 22.0 Å². The number of nitro groups is 1. The fourth-order valence-corrected chi connectivity index (χ4v) is 2.79. The van der Waals surface area contributed by atoms with E-state index in [1.807, 2.05) is 0 Å². The lowest BCUT2D eigenvalue weighted by Gasteiger charge is -2.23. The smallest absolute Gasteiger partial charge is 0.327 e. The van der Waals surface area contributed by atoms with Crippen molar-refractivity contribution in [2.75, 3.05) is 5.32 Å². The number of carbonyl (C=O) groups is 1. The van der Waals surface area contributed by atoms with Crippen molar-refractivity contribution < 1.29 is 19.2 Å². The van der Waals surface area contributed by atoms with Gasteiger partial charge in [0.15, 0.2) is 0 Å². The highest BCUT2D eigenvalue weighted by atomic mass is 19.1. The second-order valence-corrected chi connectivity index (χ2v) is 5.23. The van der Waals surface area contributed by atoms with E-state index in [0.29, 0.717) is 12.8 Å². The molecule has 1 saturated carbocycles. The third kappa shape index (κ3) is 3.48. The predicted molar refractivity (Wildman–Crippen MR) is 74.7 cm³/mol. The van der Waals surface area contributed by atoms with Gasteiger partial charge in [0.25, 0.3) is 0 Å². The van der Waals surface area contributed by atoms with Gasteiger partial charge >= 0.3 is 11.7 Å². The minimum absolute atomic E-state index is 0.0400. The van der Waals surface area contributed by atoms with Crippen LogP contribution in [0.1, 0.15) is 32.1 Å². The Hall–Kier alpha value is -2.18. The number of aliphatic carboxylic acids is 1. The van der Waals surface area contributed by atoms with Crippen LogP contribution < -0.4 is 5.32 Å². The molecule has 1 aliphatic carbocycles. The van der Waals surface area contributed by atoms with Crippen molar-refractivity contribution >= 4 is 17.3 Å². The fourth-order valence-electron chi connectivity index (χ4n) is 2.79. The summed E-state index contributed by atoms with van der Waals surface area (Å²) in [5.41, 5.74) is -0.593. The standard InChI is InChI=1S/C14H17FN2O4/c15-10-6-4-8-12(13(10)17(20)21)16-11-7-3-1-2-5-9(11)14(18)19/h4,6,8-9,11,16H,1-3,5,7H2,(H,18,19). The van der Waals surface area contributed by atoms with Gasteiger partial charge in [-0.2, -0.15) is 4.39 Å². The monoisotopic (exact) mass is 296 g/mol. The molecular weight excluding hydrogens is 279 g/mol. The third-order valence-electron chi connectivity index (χ3n) is 3.84. The predicted octanol–water partition coefficient (Wildman–Crippen LogP) is 3.18. The SMILES string of the molecule is O=C(O)C1CCCCCC1Nc1cccc(F)c1[N+](=O)[O-]. The molecule has 0 heterocycles. The van der Waals surface area contributed by atoms with Crippen LogP contribution in [0.25, 0.3) is 0 Å². The lowest BCUT2D eigenvalue weighted by atomic mass is 9.94. The topological polar surface area (TPSA) is 92.5 Å². The number of hydrogen-bond donors (Lipinski definition) is 2. The first-order chi connectivity index (χ1) is 10.0. The number of hydrogen-bond acceptors (Lipinski definition) is 4. The first-order valence-electron chi connectivity index (χ1n) is 6.93. The van der Waals surface area contributed by atoms with Gasteiger partial charge < -0.3 is 10.4 Å². The number of carboxylic acid groups (broad SMARTS) is 1. The van der Waals surface area contributed by atoms with Crippen molar-refractivity contribution in [1.29, 1.82) is 0 Å². The van der Waals surface area contributed by atoms with Crippen molar-refractivity contribution in [3.8, 4) is 0 Å². The molecule has 1 aromatic rings. The molecule has 0 bridgehead atoms. The maximum atomic E-state index is 13.6. The average Bonchev–Trinajstić information content (AvgIpc) is 2.63. The summed E-state index contributed by atoms with van der Waals surface area (Å²) in [7, 11) is 0. The molecule has 2 rings (SSSR count). The van der Waals surface area contributed by atoms with E-state index < -0.39 is 34.4 Å². The van der Waals surface area contributed by atoms with Gasteiger partial charge in [-0.15, -0.1) is 0 Å². The Balaban J connectivity index is 2.28. The van der Waals surface area contributed by atoms with Crippen LogP contribution in [0.3, 0.4) is 0 Å². The number of anilines is 1. The number of halogens is 1. The summed E-state index contributed by atoms with van der Waals surface area (Å²) in [4.78, 5) is 21.5. The number of nitrogens with zero attached hydrogens (tertiary/aromatic N) is 1. The van der Waals surface area contributed by atoms with Gasteiger partial charge in [0.1, 0.15) is 5.69 Å². The van der Waals surface area contributed by atoms with Crippen molar-refractivity contribution in [3.05, 3.63) is 34.1 Å². The van der Waals surface area contributed by atoms with E-state index in [-0.39, 0.29) is 5.69 Å². The molecular formula is C14H17FN2O4. The van der Waals surface area contributed by atoms with Gasteiger partial charge in [-0.05, 0) is 25.0 Å². The molecule has 1 aromatic carbocycles. The van der Waals surface area contributed by atoms with Crippen molar-refractivity contribution in [1.82, 2.24) is 0 Å². The van der Waals surface area contributed by atoms with E-state index >= 15 is 0 Å². The highest BCUT2D eigenvalue weighted by molar-refractivity contribution is 5.72. The Labute approximate surface area is 121 Å². The van der Waals surface area contributed by atoms with Crippen LogP contribution in [-0.2, 0) is 4.79 Å². The normalized spacial score (nSPS) is 22.3. The first-order valence-corrected chi connectivity index (χ1v) is 6.93. The summed E-state index contributed by atoms with van der Waals surface area (Å²) in [6.45, 7) is 0. The molecule has 0 spiro atoms. The highest BCUT2D eigenvalue weighted by Gasteiger charge is 2.31. The van der Waals surface area contributed by atoms with E-state index in [9.17, 15) is 24.4 Å². The van der Waals surface area contributed by atoms with E-state index in [2.05, 4.69) is 5.32 Å². The van der Waals surface area contributed by atoms with Gasteiger partial charge in [0.05, 0.1) is 10.8 Å². The number of rotatable bonds is 4. The minimum Gasteiger partial charge on any atom is -0.481 e. The van der Waals surface area contributed by atoms with Crippen LogP contribution in [0.15, 0.2) is 18.2 Å². The van der Waals surface area contributed by atoms with Crippen LogP contribution >= 0.6 is 0 Å². The average molecular weight is 296 g/mol. The molecule has 1 fully saturated rings. The summed E-state index contributed by atoms with van der Waals surface area (Å²) in [5.74, 6) is -2.46. The van der Waals surface area contributed by atoms with E-state index in [1.54, 1.807) is 0 Å². The largest absolute Gasteiger partial charge is 0.481 e. The van der Waals surface area contributed by atoms with Crippen molar-refractivity contribution in [3.63, 3.8) is 0 Å².